The van der Waals surface area contributed by atoms with Crippen LogP contribution in [0.4, 0.5) is 0 Å². The highest BCUT2D eigenvalue weighted by atomic mass is 16.7. The van der Waals surface area contributed by atoms with Gasteiger partial charge < -0.3 is 54.7 Å². The van der Waals surface area contributed by atoms with E-state index >= 15 is 0 Å². The number of carbonyl (C=O) groups is 1. The minimum Gasteiger partial charge on any atom is -0.463 e. The summed E-state index contributed by atoms with van der Waals surface area (Å²) in [7, 11) is 0. The number of ether oxygens (including phenoxy) is 4. The molecule has 2 fully saturated rings. The van der Waals surface area contributed by atoms with Crippen molar-refractivity contribution in [2.75, 3.05) is 13.2 Å². The molecule has 2 heterocycles. The average molecular weight is 637 g/mol. The van der Waals surface area contributed by atoms with Gasteiger partial charge in [0.1, 0.15) is 55.4 Å². The summed E-state index contributed by atoms with van der Waals surface area (Å²) < 4.78 is 21.3. The van der Waals surface area contributed by atoms with Gasteiger partial charge in [-0.05, 0) is 6.42 Å². The zero-order valence-corrected chi connectivity index (χ0v) is 26.6. The molecule has 260 valence electrons. The quantitative estimate of drug-likeness (QED) is 0.0639. The first kappa shape index (κ1) is 39.2. The third-order valence-corrected chi connectivity index (χ3v) is 8.69. The smallest absolute Gasteiger partial charge is 0.305 e. The molecule has 10 atom stereocenters. The highest BCUT2D eigenvalue weighted by molar-refractivity contribution is 5.69. The number of unbranched alkanes of at least 4 members (excludes halogenated alkanes) is 16. The van der Waals surface area contributed by atoms with E-state index in [4.69, 9.17) is 18.9 Å². The average Bonchev–Trinajstić information content (AvgIpc) is 3.02. The molecule has 0 bridgehead atoms. The third kappa shape index (κ3) is 13.8. The minimum absolute atomic E-state index is 0.205. The molecular weight excluding hydrogens is 576 g/mol. The first-order chi connectivity index (χ1) is 21.2. The van der Waals surface area contributed by atoms with Gasteiger partial charge in [-0.15, -0.1) is 0 Å². The molecule has 0 aromatic carbocycles. The lowest BCUT2D eigenvalue weighted by atomic mass is 9.97. The molecule has 2 rings (SSSR count). The molecule has 0 unspecified atom stereocenters. The van der Waals surface area contributed by atoms with Crippen LogP contribution in [0, 0.1) is 0 Å². The van der Waals surface area contributed by atoms with Crippen LogP contribution in [-0.4, -0.2) is 116 Å². The molecular formula is C32H60O12. The van der Waals surface area contributed by atoms with E-state index in [1.54, 1.807) is 0 Å². The van der Waals surface area contributed by atoms with Crippen LogP contribution in [0.3, 0.4) is 0 Å². The van der Waals surface area contributed by atoms with Gasteiger partial charge in [0.2, 0.25) is 0 Å². The Morgan fingerprint density at radius 3 is 1.59 bits per heavy atom. The summed E-state index contributed by atoms with van der Waals surface area (Å²) in [5.74, 6) is -0.478. The predicted octanol–water partition coefficient (Wildman–Crippen LogP) is 2.20. The molecule has 7 N–H and O–H groups in total. The summed E-state index contributed by atoms with van der Waals surface area (Å²) in [5, 5.41) is 70.3. The molecule has 2 aliphatic rings. The van der Waals surface area contributed by atoms with Crippen molar-refractivity contribution < 1.29 is 59.5 Å². The second-order valence-electron chi connectivity index (χ2n) is 12.4. The van der Waals surface area contributed by atoms with Crippen molar-refractivity contribution >= 4 is 5.97 Å². The highest BCUT2D eigenvalue weighted by Crippen LogP contribution is 2.29. The van der Waals surface area contributed by atoms with Crippen LogP contribution < -0.4 is 0 Å². The van der Waals surface area contributed by atoms with E-state index in [1.807, 2.05) is 0 Å². The van der Waals surface area contributed by atoms with Crippen LogP contribution in [0.25, 0.3) is 0 Å². The zero-order valence-electron chi connectivity index (χ0n) is 26.6. The predicted molar refractivity (Wildman–Crippen MR) is 161 cm³/mol. The Balaban J connectivity index is 1.55. The fourth-order valence-corrected chi connectivity index (χ4v) is 5.80. The van der Waals surface area contributed by atoms with Crippen LogP contribution in [0.2, 0.25) is 0 Å². The number of rotatable bonds is 23. The van der Waals surface area contributed by atoms with Gasteiger partial charge in [-0.2, -0.15) is 0 Å². The molecule has 0 aliphatic carbocycles. The van der Waals surface area contributed by atoms with Crippen LogP contribution in [0.15, 0.2) is 0 Å². The van der Waals surface area contributed by atoms with E-state index < -0.39 is 80.6 Å². The summed E-state index contributed by atoms with van der Waals surface area (Å²) >= 11 is 0. The molecule has 0 saturated carbocycles. The Morgan fingerprint density at radius 2 is 1.09 bits per heavy atom. The second-order valence-corrected chi connectivity index (χ2v) is 12.4. The van der Waals surface area contributed by atoms with Gasteiger partial charge in [0.15, 0.2) is 12.6 Å². The number of esters is 1. The molecule has 44 heavy (non-hydrogen) atoms. The summed E-state index contributed by atoms with van der Waals surface area (Å²) in [6.07, 6.45) is 5.43. The Kier molecular flexibility index (Phi) is 20.1. The van der Waals surface area contributed by atoms with E-state index in [-0.39, 0.29) is 6.42 Å². The molecule has 12 nitrogen and oxygen atoms in total. The van der Waals surface area contributed by atoms with Gasteiger partial charge in [0.25, 0.3) is 0 Å². The lowest BCUT2D eigenvalue weighted by Gasteiger charge is -2.45. The molecule has 0 spiro atoms. The van der Waals surface area contributed by atoms with E-state index in [1.165, 1.54) is 83.5 Å². The molecule has 12 heteroatoms. The highest BCUT2D eigenvalue weighted by Gasteiger charge is 2.50. The van der Waals surface area contributed by atoms with Crippen molar-refractivity contribution in [3.63, 3.8) is 0 Å². The van der Waals surface area contributed by atoms with Gasteiger partial charge in [0, 0.05) is 6.42 Å². The van der Waals surface area contributed by atoms with Crippen LogP contribution >= 0.6 is 0 Å². The number of hydrogen-bond donors (Lipinski definition) is 7. The fourth-order valence-electron chi connectivity index (χ4n) is 5.80. The van der Waals surface area contributed by atoms with Crippen molar-refractivity contribution in [2.24, 2.45) is 0 Å². The Morgan fingerprint density at radius 1 is 0.591 bits per heavy atom. The van der Waals surface area contributed by atoms with E-state index in [0.29, 0.717) is 6.42 Å². The van der Waals surface area contributed by atoms with E-state index in [9.17, 15) is 40.5 Å². The Hall–Kier alpha value is -0.930. The van der Waals surface area contributed by atoms with Gasteiger partial charge >= 0.3 is 5.97 Å². The van der Waals surface area contributed by atoms with E-state index in [0.717, 1.165) is 19.3 Å². The lowest BCUT2D eigenvalue weighted by Crippen LogP contribution is -2.64. The van der Waals surface area contributed by atoms with Crippen molar-refractivity contribution in [1.29, 1.82) is 0 Å². The first-order valence-electron chi connectivity index (χ1n) is 17.0. The van der Waals surface area contributed by atoms with E-state index in [2.05, 4.69) is 6.92 Å². The van der Waals surface area contributed by atoms with Gasteiger partial charge in [0.05, 0.1) is 6.61 Å². The van der Waals surface area contributed by atoms with Crippen LogP contribution in [-0.2, 0) is 23.7 Å². The summed E-state index contributed by atoms with van der Waals surface area (Å²) in [6, 6.07) is 0. The lowest BCUT2D eigenvalue weighted by molar-refractivity contribution is -0.355. The minimum atomic E-state index is -1.77. The van der Waals surface area contributed by atoms with Crippen LogP contribution in [0.5, 0.6) is 0 Å². The molecule has 0 radical (unpaired) electrons. The number of aliphatic hydroxyl groups excluding tert-OH is 7. The van der Waals surface area contributed by atoms with Crippen molar-refractivity contribution in [2.45, 2.75) is 184 Å². The Labute approximate surface area is 262 Å². The van der Waals surface area contributed by atoms with Gasteiger partial charge in [-0.25, -0.2) is 0 Å². The van der Waals surface area contributed by atoms with Crippen molar-refractivity contribution in [3.8, 4) is 0 Å². The monoisotopic (exact) mass is 636 g/mol. The van der Waals surface area contributed by atoms with Crippen molar-refractivity contribution in [1.82, 2.24) is 0 Å². The molecule has 2 saturated heterocycles. The van der Waals surface area contributed by atoms with Gasteiger partial charge in [-0.1, -0.05) is 110 Å². The van der Waals surface area contributed by atoms with Crippen molar-refractivity contribution in [3.05, 3.63) is 0 Å². The first-order valence-corrected chi connectivity index (χ1v) is 17.0. The largest absolute Gasteiger partial charge is 0.463 e. The SMILES string of the molecule is CCCCCCCCCCCCCCCCCCCC(=O)OC[C@H]1O[C@@H](O[C@H]2[C@H](O)[C@H](O)[C@@H](O)O[C@@H]2CO)[C@@H](O)[C@@H](O)[C@@H]1O. The van der Waals surface area contributed by atoms with Gasteiger partial charge in [-0.3, -0.25) is 4.79 Å². The summed E-state index contributed by atoms with van der Waals surface area (Å²) in [4.78, 5) is 12.3. The fraction of sp³-hybridized carbons (Fsp3) is 0.969. The number of aliphatic hydroxyl groups is 7. The normalized spacial score (nSPS) is 32.5. The maximum absolute atomic E-state index is 12.3. The summed E-state index contributed by atoms with van der Waals surface area (Å²) in [6.45, 7) is 1.15. The molecule has 0 aromatic heterocycles. The molecule has 0 amide bonds. The summed E-state index contributed by atoms with van der Waals surface area (Å²) in [5.41, 5.74) is 0. The standard InChI is InChI=1S/C32H60O12/c1-2-3-4-5-6-7-8-9-10-11-12-13-14-15-16-17-18-19-24(34)41-21-23-25(35)26(36)29(39)32(43-23)44-30-22(20-33)42-31(40)28(38)27(30)37/h22-23,25-33,35-40H,2-21H2,1H3/t22-,23-,25-,26+,27-,28+,29+,30-,31+,32+/m1/s1. The molecule has 0 aromatic rings. The molecule has 2 aliphatic heterocycles. The number of hydrogen-bond acceptors (Lipinski definition) is 12. The maximum Gasteiger partial charge on any atom is 0.305 e. The zero-order chi connectivity index (χ0) is 32.3. The topological polar surface area (TPSA) is 196 Å². The Bertz CT molecular complexity index is 740. The second kappa shape index (κ2) is 22.6. The van der Waals surface area contributed by atoms with Crippen LogP contribution in [0.1, 0.15) is 122 Å². The number of carbonyl (C=O) groups excluding carboxylic acids is 1. The maximum atomic E-state index is 12.3. The third-order valence-electron chi connectivity index (χ3n) is 8.69.